The minimum Gasteiger partial charge on any atom is -0.396 e. The van der Waals surface area contributed by atoms with Crippen molar-refractivity contribution in [1.29, 1.82) is 0 Å². The molecule has 0 radical (unpaired) electrons. The summed E-state index contributed by atoms with van der Waals surface area (Å²) >= 11 is 0. The van der Waals surface area contributed by atoms with Gasteiger partial charge in [0.1, 0.15) is 0 Å². The smallest absolute Gasteiger partial charge is 0.253 e. The molecular weight excluding hydrogens is 340 g/mol. The number of benzene rings is 1. The van der Waals surface area contributed by atoms with Crippen LogP contribution in [0.5, 0.6) is 0 Å². The number of nitrogens with zero attached hydrogens (tertiary/aromatic N) is 2. The van der Waals surface area contributed by atoms with Gasteiger partial charge in [-0.3, -0.25) is 4.79 Å². The molecule has 2 saturated heterocycles. The molecule has 7 heteroatoms. The molecule has 2 heterocycles. The molecule has 3 rings (SSSR count). The van der Waals surface area contributed by atoms with Crippen LogP contribution in [0.15, 0.2) is 29.2 Å². The van der Waals surface area contributed by atoms with Gasteiger partial charge in [0.05, 0.1) is 4.90 Å². The highest BCUT2D eigenvalue weighted by atomic mass is 32.2. The summed E-state index contributed by atoms with van der Waals surface area (Å²) in [6.07, 6.45) is 4.70. The largest absolute Gasteiger partial charge is 0.396 e. The fraction of sp³-hybridized carbons (Fsp3) is 0.611. The summed E-state index contributed by atoms with van der Waals surface area (Å²) in [5.41, 5.74) is 0.496. The Bertz CT molecular complexity index is 696. The first-order chi connectivity index (χ1) is 12.0. The van der Waals surface area contributed by atoms with Gasteiger partial charge in [0.2, 0.25) is 10.0 Å². The third-order valence-corrected chi connectivity index (χ3v) is 7.03. The van der Waals surface area contributed by atoms with Gasteiger partial charge in [0.25, 0.3) is 5.91 Å². The number of sulfonamides is 1. The summed E-state index contributed by atoms with van der Waals surface area (Å²) in [6.45, 7) is 2.47. The quantitative estimate of drug-likeness (QED) is 0.880. The number of likely N-dealkylation sites (tertiary alicyclic amines) is 1. The van der Waals surface area contributed by atoms with E-state index in [0.717, 1.165) is 32.1 Å². The number of aliphatic hydroxyl groups excluding tert-OH is 1. The summed E-state index contributed by atoms with van der Waals surface area (Å²) in [4.78, 5) is 14.6. The predicted molar refractivity (Wildman–Crippen MR) is 94.8 cm³/mol. The van der Waals surface area contributed by atoms with Gasteiger partial charge in [-0.25, -0.2) is 8.42 Å². The number of rotatable bonds is 4. The molecule has 1 aromatic rings. The maximum absolute atomic E-state index is 12.7. The lowest BCUT2D eigenvalue weighted by atomic mass is 9.98. The van der Waals surface area contributed by atoms with Crippen molar-refractivity contribution >= 4 is 15.9 Å². The van der Waals surface area contributed by atoms with Crippen LogP contribution >= 0.6 is 0 Å². The third-order valence-electron chi connectivity index (χ3n) is 5.12. The molecule has 1 unspecified atom stereocenters. The van der Waals surface area contributed by atoms with E-state index < -0.39 is 10.0 Å². The minimum absolute atomic E-state index is 0.0940. The van der Waals surface area contributed by atoms with Crippen molar-refractivity contribution in [1.82, 2.24) is 9.21 Å². The van der Waals surface area contributed by atoms with Crippen LogP contribution in [0.2, 0.25) is 0 Å². The van der Waals surface area contributed by atoms with Gasteiger partial charge in [-0.05, 0) is 55.9 Å². The predicted octanol–water partition coefficient (Wildman–Crippen LogP) is 1.71. The molecule has 25 heavy (non-hydrogen) atoms. The zero-order chi connectivity index (χ0) is 17.9. The molecule has 2 aliphatic heterocycles. The van der Waals surface area contributed by atoms with Gasteiger partial charge >= 0.3 is 0 Å². The summed E-state index contributed by atoms with van der Waals surface area (Å²) in [5, 5.41) is 9.30. The fourth-order valence-electron chi connectivity index (χ4n) is 3.60. The van der Waals surface area contributed by atoms with Crippen molar-refractivity contribution in [3.8, 4) is 0 Å². The topological polar surface area (TPSA) is 77.9 Å². The molecule has 2 fully saturated rings. The van der Waals surface area contributed by atoms with Crippen LogP contribution in [-0.2, 0) is 10.0 Å². The molecule has 1 N–H and O–H groups in total. The van der Waals surface area contributed by atoms with Gasteiger partial charge in [-0.1, -0.05) is 6.42 Å². The molecule has 0 spiro atoms. The van der Waals surface area contributed by atoms with E-state index in [4.69, 9.17) is 0 Å². The van der Waals surface area contributed by atoms with Crippen molar-refractivity contribution in [3.63, 3.8) is 0 Å². The maximum Gasteiger partial charge on any atom is 0.253 e. The highest BCUT2D eigenvalue weighted by Gasteiger charge is 2.27. The summed E-state index contributed by atoms with van der Waals surface area (Å²) < 4.78 is 26.8. The number of aliphatic hydroxyl groups is 1. The number of hydrogen-bond acceptors (Lipinski definition) is 4. The highest BCUT2D eigenvalue weighted by molar-refractivity contribution is 7.89. The van der Waals surface area contributed by atoms with Crippen LogP contribution in [-0.4, -0.2) is 61.4 Å². The van der Waals surface area contributed by atoms with Crippen LogP contribution < -0.4 is 0 Å². The Hall–Kier alpha value is -1.44. The summed E-state index contributed by atoms with van der Waals surface area (Å²) in [7, 11) is -3.47. The minimum atomic E-state index is -3.47. The SMILES string of the molecule is O=C(c1ccc(S(=O)(=O)N2CCCCC2)cc1)N1CCCC(CO)C1. The first kappa shape index (κ1) is 18.4. The number of carbonyl (C=O) groups is 1. The Morgan fingerprint density at radius 3 is 2.36 bits per heavy atom. The lowest BCUT2D eigenvalue weighted by Gasteiger charge is -2.32. The number of piperidine rings is 2. The van der Waals surface area contributed by atoms with Crippen LogP contribution in [0, 0.1) is 5.92 Å². The lowest BCUT2D eigenvalue weighted by molar-refractivity contribution is 0.0620. The first-order valence-corrected chi connectivity index (χ1v) is 10.5. The Labute approximate surface area is 149 Å². The lowest BCUT2D eigenvalue weighted by Crippen LogP contribution is -2.41. The Morgan fingerprint density at radius 1 is 1.04 bits per heavy atom. The Balaban J connectivity index is 1.72. The summed E-state index contributed by atoms with van der Waals surface area (Å²) in [6, 6.07) is 6.26. The molecule has 0 aliphatic carbocycles. The number of carbonyl (C=O) groups excluding carboxylic acids is 1. The molecule has 0 aromatic heterocycles. The number of amides is 1. The Kier molecular flexibility index (Phi) is 5.76. The van der Waals surface area contributed by atoms with E-state index in [0.29, 0.717) is 31.7 Å². The highest BCUT2D eigenvalue weighted by Crippen LogP contribution is 2.22. The van der Waals surface area contributed by atoms with E-state index in [-0.39, 0.29) is 23.3 Å². The molecular formula is C18H26N2O4S. The van der Waals surface area contributed by atoms with Gasteiger partial charge in [-0.2, -0.15) is 4.31 Å². The molecule has 0 saturated carbocycles. The zero-order valence-electron chi connectivity index (χ0n) is 14.4. The van der Waals surface area contributed by atoms with Gasteiger partial charge in [0, 0.05) is 38.3 Å². The van der Waals surface area contributed by atoms with Crippen molar-refractivity contribution in [2.45, 2.75) is 37.0 Å². The van der Waals surface area contributed by atoms with E-state index in [9.17, 15) is 18.3 Å². The van der Waals surface area contributed by atoms with Crippen LogP contribution in [0.25, 0.3) is 0 Å². The van der Waals surface area contributed by atoms with Gasteiger partial charge in [-0.15, -0.1) is 0 Å². The van der Waals surface area contributed by atoms with E-state index in [1.807, 2.05) is 0 Å². The molecule has 6 nitrogen and oxygen atoms in total. The van der Waals surface area contributed by atoms with Crippen molar-refractivity contribution in [2.24, 2.45) is 5.92 Å². The number of hydrogen-bond donors (Lipinski definition) is 1. The average Bonchev–Trinajstić information content (AvgIpc) is 2.68. The van der Waals surface area contributed by atoms with Crippen molar-refractivity contribution < 1.29 is 18.3 Å². The second kappa shape index (κ2) is 7.85. The molecule has 1 atom stereocenters. The third kappa shape index (κ3) is 4.04. The first-order valence-electron chi connectivity index (χ1n) is 9.03. The van der Waals surface area contributed by atoms with Gasteiger partial charge in [0.15, 0.2) is 0 Å². The van der Waals surface area contributed by atoms with E-state index in [2.05, 4.69) is 0 Å². The van der Waals surface area contributed by atoms with Gasteiger partial charge < -0.3 is 10.0 Å². The molecule has 1 amide bonds. The fourth-order valence-corrected chi connectivity index (χ4v) is 5.12. The van der Waals surface area contributed by atoms with Crippen molar-refractivity contribution in [2.75, 3.05) is 32.8 Å². The molecule has 138 valence electrons. The van der Waals surface area contributed by atoms with E-state index in [1.165, 1.54) is 16.4 Å². The molecule has 2 aliphatic rings. The summed E-state index contributed by atoms with van der Waals surface area (Å²) in [5.74, 6) is 0.0384. The Morgan fingerprint density at radius 2 is 1.72 bits per heavy atom. The van der Waals surface area contributed by atoms with E-state index in [1.54, 1.807) is 17.0 Å². The second-order valence-corrected chi connectivity index (χ2v) is 8.87. The normalized spacial score (nSPS) is 22.8. The molecule has 1 aromatic carbocycles. The standard InChI is InChI=1S/C18H26N2O4S/c21-14-15-5-4-10-19(13-15)18(22)16-6-8-17(9-7-16)25(23,24)20-11-2-1-3-12-20/h6-9,15,21H,1-5,10-14H2. The van der Waals surface area contributed by atoms with Crippen LogP contribution in [0.1, 0.15) is 42.5 Å². The van der Waals surface area contributed by atoms with Crippen LogP contribution in [0.3, 0.4) is 0 Å². The van der Waals surface area contributed by atoms with E-state index >= 15 is 0 Å². The average molecular weight is 366 g/mol. The van der Waals surface area contributed by atoms with Crippen LogP contribution in [0.4, 0.5) is 0 Å². The maximum atomic E-state index is 12.7. The van der Waals surface area contributed by atoms with Crippen molar-refractivity contribution in [3.05, 3.63) is 29.8 Å². The second-order valence-electron chi connectivity index (χ2n) is 6.93. The monoisotopic (exact) mass is 366 g/mol. The zero-order valence-corrected chi connectivity index (χ0v) is 15.2. The molecule has 0 bridgehead atoms.